The average molecular weight is 443 g/mol. The van der Waals surface area contributed by atoms with Gasteiger partial charge in [0.15, 0.2) is 0 Å². The zero-order valence-corrected chi connectivity index (χ0v) is 19.7. The van der Waals surface area contributed by atoms with E-state index in [1.807, 2.05) is 44.2 Å². The average Bonchev–Trinajstić information content (AvgIpc) is 2.80. The first-order valence-electron chi connectivity index (χ1n) is 11.5. The van der Waals surface area contributed by atoms with Crippen molar-refractivity contribution in [1.29, 1.82) is 0 Å². The quantitative estimate of drug-likeness (QED) is 0.319. The Kier molecular flexibility index (Phi) is 6.61. The number of fused-ring (bicyclic) bond motifs is 2. The highest BCUT2D eigenvalue weighted by atomic mass is 16.5. The van der Waals surface area contributed by atoms with Gasteiger partial charge in [0.25, 0.3) is 0 Å². The van der Waals surface area contributed by atoms with Gasteiger partial charge in [-0.2, -0.15) is 0 Å². The van der Waals surface area contributed by atoms with Crippen molar-refractivity contribution in [2.75, 3.05) is 19.7 Å². The van der Waals surface area contributed by atoms with Gasteiger partial charge < -0.3 is 14.9 Å². The molecule has 2 N–H and O–H groups in total. The fourth-order valence-electron chi connectivity index (χ4n) is 4.37. The molecule has 170 valence electrons. The Morgan fingerprint density at radius 1 is 1.03 bits per heavy atom. The first-order chi connectivity index (χ1) is 16.0. The molecule has 5 heteroatoms. The molecule has 0 bridgehead atoms. The zero-order chi connectivity index (χ0) is 23.5. The Hall–Kier alpha value is -3.44. The summed E-state index contributed by atoms with van der Waals surface area (Å²) in [6, 6.07) is 15.9. The molecule has 5 nitrogen and oxygen atoms in total. The fourth-order valence-corrected chi connectivity index (χ4v) is 4.37. The third-order valence-electron chi connectivity index (χ3n) is 5.93. The topological polar surface area (TPSA) is 77.8 Å². The van der Waals surface area contributed by atoms with Crippen molar-refractivity contribution in [3.05, 3.63) is 76.1 Å². The van der Waals surface area contributed by atoms with E-state index in [-0.39, 0.29) is 5.97 Å². The zero-order valence-electron chi connectivity index (χ0n) is 19.7. The molecule has 0 radical (unpaired) electrons. The minimum absolute atomic E-state index is 0.321. The molecule has 4 rings (SSSR count). The second kappa shape index (κ2) is 9.59. The van der Waals surface area contributed by atoms with E-state index in [2.05, 4.69) is 37.0 Å². The maximum Gasteiger partial charge on any atom is 0.338 e. The van der Waals surface area contributed by atoms with Gasteiger partial charge in [-0.05, 0) is 87.2 Å². The molecule has 0 atom stereocenters. The van der Waals surface area contributed by atoms with Gasteiger partial charge in [-0.3, -0.25) is 4.99 Å². The maximum atomic E-state index is 12.8. The fraction of sp³-hybridized carbons (Fsp3) is 0.286. The summed E-state index contributed by atoms with van der Waals surface area (Å²) in [5.74, 6) is 0.400. The van der Waals surface area contributed by atoms with E-state index < -0.39 is 0 Å². The maximum absolute atomic E-state index is 12.8. The lowest BCUT2D eigenvalue weighted by atomic mass is 9.88. The molecule has 0 fully saturated rings. The van der Waals surface area contributed by atoms with Crippen molar-refractivity contribution >= 4 is 16.9 Å². The third-order valence-corrected chi connectivity index (χ3v) is 5.93. The number of nitrogens with two attached hydrogens (primary N) is 1. The first-order valence-corrected chi connectivity index (χ1v) is 11.5. The number of esters is 1. The predicted octanol–water partition coefficient (Wildman–Crippen LogP) is 5.42. The Bertz CT molecular complexity index is 1370. The summed E-state index contributed by atoms with van der Waals surface area (Å²) in [7, 11) is 0. The number of benzene rings is 3. The highest BCUT2D eigenvalue weighted by molar-refractivity contribution is 6.08. The van der Waals surface area contributed by atoms with Gasteiger partial charge in [-0.25, -0.2) is 4.79 Å². The van der Waals surface area contributed by atoms with Crippen molar-refractivity contribution in [2.24, 2.45) is 10.7 Å². The van der Waals surface area contributed by atoms with Crippen LogP contribution >= 0.6 is 0 Å². The standard InChI is InChI=1S/C28H30N2O3/c1-5-30-24-16-26-23(14-18(24)4)27(20-9-7-8-10-21(20)28(31)32-6-2)22-13-17(3)19(11-12-29)15-25(22)33-26/h7-10,13-16H,5-6,11-12,29H2,1-4H3. The molecule has 33 heavy (non-hydrogen) atoms. The van der Waals surface area contributed by atoms with E-state index in [4.69, 9.17) is 14.9 Å². The van der Waals surface area contributed by atoms with Crippen LogP contribution in [0, 0.1) is 13.8 Å². The smallest absolute Gasteiger partial charge is 0.338 e. The summed E-state index contributed by atoms with van der Waals surface area (Å²) in [6.07, 6.45) is 0.772. The summed E-state index contributed by atoms with van der Waals surface area (Å²) >= 11 is 0. The van der Waals surface area contributed by atoms with Gasteiger partial charge in [0.2, 0.25) is 0 Å². The molecule has 1 aliphatic carbocycles. The Balaban J connectivity index is 2.15. The molecule has 1 aliphatic heterocycles. The number of hydrogen-bond donors (Lipinski definition) is 1. The molecule has 2 aromatic carbocycles. The molecule has 0 saturated heterocycles. The molecular formula is C28H30N2O3. The van der Waals surface area contributed by atoms with Crippen LogP contribution in [0.2, 0.25) is 0 Å². The number of nitrogens with zero attached hydrogens (tertiary/aromatic N) is 1. The second-order valence-electron chi connectivity index (χ2n) is 8.17. The van der Waals surface area contributed by atoms with E-state index in [9.17, 15) is 4.79 Å². The van der Waals surface area contributed by atoms with Crippen LogP contribution in [0.4, 0.5) is 0 Å². The van der Waals surface area contributed by atoms with Crippen LogP contribution in [0.5, 0.6) is 0 Å². The van der Waals surface area contributed by atoms with Crippen LogP contribution in [-0.2, 0) is 11.2 Å². The Labute approximate surface area is 194 Å². The van der Waals surface area contributed by atoms with Crippen LogP contribution < -0.4 is 11.1 Å². The van der Waals surface area contributed by atoms with Crippen LogP contribution in [-0.4, -0.2) is 25.7 Å². The highest BCUT2D eigenvalue weighted by Gasteiger charge is 2.23. The van der Waals surface area contributed by atoms with Gasteiger partial charge in [-0.1, -0.05) is 18.2 Å². The molecule has 2 aliphatic rings. The molecule has 0 saturated carbocycles. The number of carbonyl (C=O) groups is 1. The highest BCUT2D eigenvalue weighted by Crippen LogP contribution is 2.42. The summed E-state index contributed by atoms with van der Waals surface area (Å²) in [4.78, 5) is 17.5. The SMILES string of the molecule is CCN=c1cc2oc3cc(CCN)c(C)cc3c(-c3ccccc3C(=O)OCC)c-2cc1C. The summed E-state index contributed by atoms with van der Waals surface area (Å²) < 4.78 is 11.8. The van der Waals surface area contributed by atoms with Gasteiger partial charge in [-0.15, -0.1) is 0 Å². The third kappa shape index (κ3) is 4.29. The Morgan fingerprint density at radius 2 is 1.82 bits per heavy atom. The minimum atomic E-state index is -0.332. The first kappa shape index (κ1) is 22.7. The van der Waals surface area contributed by atoms with Crippen LogP contribution in [0.25, 0.3) is 33.4 Å². The summed E-state index contributed by atoms with van der Waals surface area (Å²) in [5.41, 5.74) is 13.2. The van der Waals surface area contributed by atoms with Crippen molar-refractivity contribution in [3.8, 4) is 22.5 Å². The van der Waals surface area contributed by atoms with Crippen LogP contribution in [0.3, 0.4) is 0 Å². The van der Waals surface area contributed by atoms with E-state index in [0.29, 0.717) is 25.3 Å². The van der Waals surface area contributed by atoms with Crippen molar-refractivity contribution < 1.29 is 13.9 Å². The van der Waals surface area contributed by atoms with Gasteiger partial charge in [0, 0.05) is 29.1 Å². The molecular weight excluding hydrogens is 412 g/mol. The van der Waals surface area contributed by atoms with Gasteiger partial charge >= 0.3 is 5.97 Å². The van der Waals surface area contributed by atoms with E-state index >= 15 is 0 Å². The number of hydrogen-bond acceptors (Lipinski definition) is 5. The van der Waals surface area contributed by atoms with Crippen molar-refractivity contribution in [2.45, 2.75) is 34.1 Å². The predicted molar refractivity (Wildman–Crippen MR) is 133 cm³/mol. The number of aryl methyl sites for hydroxylation is 2. The molecule has 1 heterocycles. The van der Waals surface area contributed by atoms with E-state index in [1.165, 1.54) is 0 Å². The number of rotatable bonds is 6. The Morgan fingerprint density at radius 3 is 2.55 bits per heavy atom. The largest absolute Gasteiger partial charge is 0.462 e. The molecule has 0 unspecified atom stereocenters. The minimum Gasteiger partial charge on any atom is -0.462 e. The monoisotopic (exact) mass is 442 g/mol. The lowest BCUT2D eigenvalue weighted by molar-refractivity contribution is 0.0527. The lowest BCUT2D eigenvalue weighted by Gasteiger charge is -2.19. The van der Waals surface area contributed by atoms with Gasteiger partial charge in [0.05, 0.1) is 17.5 Å². The number of carbonyl (C=O) groups excluding carboxylic acids is 1. The van der Waals surface area contributed by atoms with Crippen molar-refractivity contribution in [1.82, 2.24) is 0 Å². The van der Waals surface area contributed by atoms with Crippen LogP contribution in [0.15, 0.2) is 57.9 Å². The van der Waals surface area contributed by atoms with Crippen LogP contribution in [0.1, 0.15) is 40.9 Å². The lowest BCUT2D eigenvalue weighted by Crippen LogP contribution is -2.10. The van der Waals surface area contributed by atoms with E-state index in [1.54, 1.807) is 0 Å². The second-order valence-corrected chi connectivity index (χ2v) is 8.17. The molecule has 2 aromatic rings. The summed E-state index contributed by atoms with van der Waals surface area (Å²) in [5, 5.41) is 1.86. The van der Waals surface area contributed by atoms with E-state index in [0.717, 1.165) is 61.9 Å². The number of ether oxygens (including phenoxy) is 1. The molecule has 0 aromatic heterocycles. The summed E-state index contributed by atoms with van der Waals surface area (Å²) in [6.45, 7) is 9.55. The van der Waals surface area contributed by atoms with Gasteiger partial charge in [0.1, 0.15) is 11.3 Å². The molecule has 0 spiro atoms. The normalized spacial score (nSPS) is 12.0. The van der Waals surface area contributed by atoms with Crippen molar-refractivity contribution in [3.63, 3.8) is 0 Å². The molecule has 0 amide bonds.